The Labute approximate surface area is 187 Å². The summed E-state index contributed by atoms with van der Waals surface area (Å²) in [6.07, 6.45) is 4.40. The molecule has 0 fully saturated rings. The quantitative estimate of drug-likeness (QED) is 0.592. The second-order valence-electron chi connectivity index (χ2n) is 8.85. The minimum Gasteiger partial charge on any atom is -0.486 e. The van der Waals surface area contributed by atoms with Gasteiger partial charge in [0.05, 0.1) is 6.04 Å². The summed E-state index contributed by atoms with van der Waals surface area (Å²) in [6, 6.07) is 11.5. The lowest BCUT2D eigenvalue weighted by atomic mass is 9.95. The van der Waals surface area contributed by atoms with Crippen LogP contribution in [0.1, 0.15) is 49.6 Å². The van der Waals surface area contributed by atoms with Crippen LogP contribution in [0.2, 0.25) is 0 Å². The van der Waals surface area contributed by atoms with Gasteiger partial charge in [-0.2, -0.15) is 0 Å². The molecule has 1 aromatic heterocycles. The zero-order valence-electron chi connectivity index (χ0n) is 18.6. The molecule has 0 radical (unpaired) electrons. The molecule has 1 aliphatic carbocycles. The molecule has 6 nitrogen and oxygen atoms in total. The minimum absolute atomic E-state index is 0.0423. The molecule has 1 amide bonds. The lowest BCUT2D eigenvalue weighted by molar-refractivity contribution is -0.124. The first-order chi connectivity index (χ1) is 15.6. The topological polar surface area (TPSA) is 69.9 Å². The summed E-state index contributed by atoms with van der Waals surface area (Å²) in [5.41, 5.74) is 3.18. The fourth-order valence-corrected chi connectivity index (χ4v) is 4.58. The van der Waals surface area contributed by atoms with E-state index >= 15 is 0 Å². The van der Waals surface area contributed by atoms with Crippen LogP contribution in [0.5, 0.6) is 17.2 Å². The Kier molecular flexibility index (Phi) is 5.68. The Balaban J connectivity index is 1.26. The van der Waals surface area contributed by atoms with E-state index in [1.54, 1.807) is 0 Å². The van der Waals surface area contributed by atoms with Crippen molar-refractivity contribution < 1.29 is 23.4 Å². The molecule has 1 aliphatic heterocycles. The van der Waals surface area contributed by atoms with Crippen LogP contribution in [0, 0.1) is 5.92 Å². The summed E-state index contributed by atoms with van der Waals surface area (Å²) in [6.45, 7) is 5.21. The highest BCUT2D eigenvalue weighted by atomic mass is 16.6. The maximum atomic E-state index is 12.7. The Hall–Kier alpha value is -3.15. The Morgan fingerprint density at radius 3 is 2.69 bits per heavy atom. The van der Waals surface area contributed by atoms with Crippen LogP contribution < -0.4 is 19.5 Å². The van der Waals surface area contributed by atoms with Crippen LogP contribution >= 0.6 is 0 Å². The third-order valence-electron chi connectivity index (χ3n) is 6.20. The van der Waals surface area contributed by atoms with Gasteiger partial charge in [0.1, 0.15) is 30.3 Å². The molecule has 32 heavy (non-hydrogen) atoms. The summed E-state index contributed by atoms with van der Waals surface area (Å²) in [5, 5.41) is 4.22. The molecular formula is C26H29NO5. The van der Waals surface area contributed by atoms with Gasteiger partial charge in [0.25, 0.3) is 5.91 Å². The van der Waals surface area contributed by atoms with Crippen molar-refractivity contribution >= 4 is 16.9 Å². The van der Waals surface area contributed by atoms with Crippen molar-refractivity contribution in [3.8, 4) is 17.2 Å². The second-order valence-corrected chi connectivity index (χ2v) is 8.85. The van der Waals surface area contributed by atoms with Gasteiger partial charge in [0.2, 0.25) is 0 Å². The van der Waals surface area contributed by atoms with Gasteiger partial charge in [-0.15, -0.1) is 0 Å². The van der Waals surface area contributed by atoms with Gasteiger partial charge in [-0.05, 0) is 61.1 Å². The van der Waals surface area contributed by atoms with Gasteiger partial charge in [-0.25, -0.2) is 0 Å². The molecule has 0 saturated heterocycles. The van der Waals surface area contributed by atoms with Crippen molar-refractivity contribution in [3.63, 3.8) is 0 Å². The van der Waals surface area contributed by atoms with Crippen molar-refractivity contribution in [2.75, 3.05) is 19.8 Å². The molecule has 0 bridgehead atoms. The van der Waals surface area contributed by atoms with Crippen LogP contribution in [0.25, 0.3) is 11.0 Å². The van der Waals surface area contributed by atoms with E-state index in [1.807, 2.05) is 36.4 Å². The summed E-state index contributed by atoms with van der Waals surface area (Å²) >= 11 is 0. The number of benzene rings is 2. The molecule has 1 N–H and O–H groups in total. The summed E-state index contributed by atoms with van der Waals surface area (Å²) in [5.74, 6) is 3.29. The van der Waals surface area contributed by atoms with E-state index in [4.69, 9.17) is 18.6 Å². The molecule has 3 aromatic rings. The molecule has 6 heteroatoms. The molecule has 1 unspecified atom stereocenters. The van der Waals surface area contributed by atoms with E-state index in [2.05, 4.69) is 19.2 Å². The number of carbonyl (C=O) groups is 1. The van der Waals surface area contributed by atoms with E-state index < -0.39 is 0 Å². The maximum absolute atomic E-state index is 12.7. The Morgan fingerprint density at radius 1 is 1.03 bits per heavy atom. The standard InChI is InChI=1S/C26H29NO5/c1-16(2)26(17-7-9-23-24(13-17)30-12-11-29-23)27-25(28)15-31-18-8-10-22-20(14-18)19-5-3-4-6-21(19)32-22/h7-10,13-14,16,26H,3-6,11-12,15H2,1-2H3,(H,27,28). The molecule has 0 spiro atoms. The molecule has 2 heterocycles. The number of fused-ring (bicyclic) bond motifs is 4. The van der Waals surface area contributed by atoms with Crippen LogP contribution in [0.4, 0.5) is 0 Å². The van der Waals surface area contributed by atoms with Crippen molar-refractivity contribution in [2.24, 2.45) is 5.92 Å². The molecule has 2 aliphatic rings. The summed E-state index contributed by atoms with van der Waals surface area (Å²) in [7, 11) is 0. The number of ether oxygens (including phenoxy) is 3. The number of furan rings is 1. The molecule has 168 valence electrons. The van der Waals surface area contributed by atoms with Crippen molar-refractivity contribution in [2.45, 2.75) is 45.6 Å². The first-order valence-electron chi connectivity index (χ1n) is 11.4. The van der Waals surface area contributed by atoms with Crippen LogP contribution in [-0.2, 0) is 17.6 Å². The Bertz CT molecular complexity index is 1130. The molecule has 5 rings (SSSR count). The van der Waals surface area contributed by atoms with Gasteiger partial charge in [0.15, 0.2) is 18.1 Å². The smallest absolute Gasteiger partial charge is 0.258 e. The van der Waals surface area contributed by atoms with Gasteiger partial charge in [-0.1, -0.05) is 19.9 Å². The predicted molar refractivity (Wildman–Crippen MR) is 122 cm³/mol. The molecule has 1 atom stereocenters. The predicted octanol–water partition coefficient (Wildman–Crippen LogP) is 4.98. The lowest BCUT2D eigenvalue weighted by Gasteiger charge is -2.25. The number of hydrogen-bond donors (Lipinski definition) is 1. The number of nitrogens with one attached hydrogen (secondary N) is 1. The van der Waals surface area contributed by atoms with E-state index in [0.717, 1.165) is 46.6 Å². The van der Waals surface area contributed by atoms with Gasteiger partial charge in [0, 0.05) is 17.4 Å². The average molecular weight is 436 g/mol. The third-order valence-corrected chi connectivity index (χ3v) is 6.20. The minimum atomic E-state index is -0.159. The monoisotopic (exact) mass is 435 g/mol. The first kappa shape index (κ1) is 20.7. The number of carbonyl (C=O) groups excluding carboxylic acids is 1. The number of amides is 1. The van der Waals surface area contributed by atoms with Crippen LogP contribution in [-0.4, -0.2) is 25.7 Å². The number of hydrogen-bond acceptors (Lipinski definition) is 5. The fraction of sp³-hybridized carbons (Fsp3) is 0.423. The fourth-order valence-electron chi connectivity index (χ4n) is 4.58. The Morgan fingerprint density at radius 2 is 1.84 bits per heavy atom. The van der Waals surface area contributed by atoms with Gasteiger partial charge in [-0.3, -0.25) is 4.79 Å². The normalized spacial score (nSPS) is 16.0. The molecule has 2 aromatic carbocycles. The van der Waals surface area contributed by atoms with Crippen molar-refractivity contribution in [3.05, 3.63) is 53.3 Å². The van der Waals surface area contributed by atoms with Crippen molar-refractivity contribution in [1.82, 2.24) is 5.32 Å². The summed E-state index contributed by atoms with van der Waals surface area (Å²) < 4.78 is 23.1. The summed E-state index contributed by atoms with van der Waals surface area (Å²) in [4.78, 5) is 12.7. The van der Waals surface area contributed by atoms with Crippen LogP contribution in [0.15, 0.2) is 40.8 Å². The highest BCUT2D eigenvalue weighted by Crippen LogP contribution is 2.35. The highest BCUT2D eigenvalue weighted by molar-refractivity contribution is 5.84. The molecular weight excluding hydrogens is 406 g/mol. The largest absolute Gasteiger partial charge is 0.486 e. The first-order valence-corrected chi connectivity index (χ1v) is 11.4. The van der Waals surface area contributed by atoms with Crippen LogP contribution in [0.3, 0.4) is 0 Å². The SMILES string of the molecule is CC(C)C(NC(=O)COc1ccc2oc3c(c2c1)CCCC3)c1ccc2c(c1)OCCO2. The van der Waals surface area contributed by atoms with E-state index in [9.17, 15) is 4.79 Å². The molecule has 0 saturated carbocycles. The maximum Gasteiger partial charge on any atom is 0.258 e. The van der Waals surface area contributed by atoms with Gasteiger partial charge < -0.3 is 23.9 Å². The zero-order valence-corrected chi connectivity index (χ0v) is 18.6. The number of rotatable bonds is 6. The second kappa shape index (κ2) is 8.77. The van der Waals surface area contributed by atoms with E-state index in [0.29, 0.717) is 19.0 Å². The van der Waals surface area contributed by atoms with Crippen molar-refractivity contribution in [1.29, 1.82) is 0 Å². The third kappa shape index (κ3) is 4.14. The average Bonchev–Trinajstić information content (AvgIpc) is 3.18. The van der Waals surface area contributed by atoms with E-state index in [-0.39, 0.29) is 24.5 Å². The highest BCUT2D eigenvalue weighted by Gasteiger charge is 2.22. The van der Waals surface area contributed by atoms with Gasteiger partial charge >= 0.3 is 0 Å². The van der Waals surface area contributed by atoms with E-state index in [1.165, 1.54) is 18.4 Å². The lowest BCUT2D eigenvalue weighted by Crippen LogP contribution is -2.35. The zero-order chi connectivity index (χ0) is 22.1. The number of aryl methyl sites for hydroxylation is 2.